The van der Waals surface area contributed by atoms with Crippen LogP contribution in [0.4, 0.5) is 0 Å². The first kappa shape index (κ1) is 21.9. The smallest absolute Gasteiger partial charge is 0.325 e. The van der Waals surface area contributed by atoms with Crippen LogP contribution in [0.1, 0.15) is 18.1 Å². The zero-order valence-corrected chi connectivity index (χ0v) is 18.3. The summed E-state index contributed by atoms with van der Waals surface area (Å²) < 4.78 is 6.82. The number of benzene rings is 2. The quantitative estimate of drug-likeness (QED) is 0.246. The van der Waals surface area contributed by atoms with Gasteiger partial charge in [-0.15, -0.1) is 0 Å². The predicted molar refractivity (Wildman–Crippen MR) is 127 cm³/mol. The third-order valence-electron chi connectivity index (χ3n) is 5.44. The summed E-state index contributed by atoms with van der Waals surface area (Å²) in [5.74, 6) is -0.774. The number of carbonyl (C=O) groups is 2. The number of hydrogen-bond acceptors (Lipinski definition) is 4. The van der Waals surface area contributed by atoms with Crippen molar-refractivity contribution in [3.8, 4) is 6.07 Å². The average Bonchev–Trinajstić information content (AvgIpc) is 3.39. The Bertz CT molecular complexity index is 1390. The first-order valence-electron chi connectivity index (χ1n) is 10.8. The maximum Gasteiger partial charge on any atom is 0.325 e. The molecule has 0 aliphatic heterocycles. The Labute approximate surface area is 191 Å². The summed E-state index contributed by atoms with van der Waals surface area (Å²) in [6.45, 7) is 2.53. The molecule has 0 saturated carbocycles. The molecule has 0 spiro atoms. The molecule has 4 rings (SSSR count). The Morgan fingerprint density at radius 1 is 1.15 bits per heavy atom. The highest BCUT2D eigenvalue weighted by atomic mass is 16.5. The molecule has 0 aliphatic rings. The first-order chi connectivity index (χ1) is 16.1. The van der Waals surface area contributed by atoms with E-state index in [1.165, 1.54) is 0 Å². The molecule has 0 unspecified atom stereocenters. The van der Waals surface area contributed by atoms with E-state index in [2.05, 4.69) is 10.3 Å². The van der Waals surface area contributed by atoms with E-state index in [1.807, 2.05) is 60.8 Å². The van der Waals surface area contributed by atoms with E-state index in [4.69, 9.17) is 4.74 Å². The topological polar surface area (TPSA) is 99.9 Å². The van der Waals surface area contributed by atoms with Crippen LogP contribution in [-0.4, -0.2) is 34.6 Å². The molecule has 0 atom stereocenters. The Hall–Kier alpha value is -4.31. The third kappa shape index (κ3) is 4.80. The molecule has 0 radical (unpaired) electrons. The van der Waals surface area contributed by atoms with Crippen LogP contribution in [0.15, 0.2) is 66.5 Å². The van der Waals surface area contributed by atoms with Crippen LogP contribution in [0.5, 0.6) is 0 Å². The van der Waals surface area contributed by atoms with Crippen molar-refractivity contribution in [2.45, 2.75) is 19.9 Å². The van der Waals surface area contributed by atoms with Crippen molar-refractivity contribution in [3.63, 3.8) is 0 Å². The van der Waals surface area contributed by atoms with Crippen LogP contribution in [0, 0.1) is 11.3 Å². The number of amides is 1. The highest BCUT2D eigenvalue weighted by molar-refractivity contribution is 6.04. The van der Waals surface area contributed by atoms with Gasteiger partial charge >= 0.3 is 5.97 Å². The zero-order chi connectivity index (χ0) is 23.2. The van der Waals surface area contributed by atoms with Crippen LogP contribution in [-0.2, 0) is 27.3 Å². The number of ether oxygens (including phenoxy) is 1. The first-order valence-corrected chi connectivity index (χ1v) is 10.8. The molecule has 0 saturated heterocycles. The largest absolute Gasteiger partial charge is 0.465 e. The van der Waals surface area contributed by atoms with Gasteiger partial charge in [-0.25, -0.2) is 0 Å². The van der Waals surface area contributed by atoms with Gasteiger partial charge in [0.15, 0.2) is 0 Å². The van der Waals surface area contributed by atoms with Gasteiger partial charge < -0.3 is 19.6 Å². The van der Waals surface area contributed by atoms with Gasteiger partial charge in [-0.1, -0.05) is 36.4 Å². The van der Waals surface area contributed by atoms with E-state index < -0.39 is 5.91 Å². The van der Waals surface area contributed by atoms with Crippen LogP contribution in [0.25, 0.3) is 27.9 Å². The minimum absolute atomic E-state index is 0.00737. The normalized spacial score (nSPS) is 11.5. The summed E-state index contributed by atoms with van der Waals surface area (Å²) in [6.07, 6.45) is 5.91. The number of carbonyl (C=O) groups excluding carboxylic acids is 2. The maximum absolute atomic E-state index is 12.7. The second-order valence-corrected chi connectivity index (χ2v) is 7.57. The van der Waals surface area contributed by atoms with Gasteiger partial charge in [-0.2, -0.15) is 5.26 Å². The lowest BCUT2D eigenvalue weighted by atomic mass is 10.1. The van der Waals surface area contributed by atoms with Crippen molar-refractivity contribution in [1.82, 2.24) is 14.9 Å². The monoisotopic (exact) mass is 440 g/mol. The Morgan fingerprint density at radius 2 is 1.91 bits per heavy atom. The number of para-hydroxylation sites is 2. The van der Waals surface area contributed by atoms with Crippen molar-refractivity contribution in [2.75, 3.05) is 13.2 Å². The van der Waals surface area contributed by atoms with E-state index in [9.17, 15) is 14.9 Å². The van der Waals surface area contributed by atoms with Crippen LogP contribution in [0.3, 0.4) is 0 Å². The predicted octanol–water partition coefficient (Wildman–Crippen LogP) is 3.95. The van der Waals surface area contributed by atoms with Crippen LogP contribution < -0.4 is 5.32 Å². The van der Waals surface area contributed by atoms with Crippen LogP contribution >= 0.6 is 0 Å². The summed E-state index contributed by atoms with van der Waals surface area (Å²) in [7, 11) is 0. The SMILES string of the molecule is CCOC(=O)Cn1cc(/C=C(/C#N)C(=O)NCCc2c[nH]c3ccccc23)c2ccccc21. The molecule has 1 amide bonds. The van der Waals surface area contributed by atoms with Gasteiger partial charge in [0, 0.05) is 46.3 Å². The Kier molecular flexibility index (Phi) is 6.56. The van der Waals surface area contributed by atoms with Crippen molar-refractivity contribution < 1.29 is 14.3 Å². The molecule has 2 heterocycles. The molecule has 4 aromatic rings. The summed E-state index contributed by atoms with van der Waals surface area (Å²) in [5, 5.41) is 14.4. The standard InChI is InChI=1S/C26H24N4O3/c1-2-33-25(31)17-30-16-20(22-8-4-6-10-24(22)30)13-19(14-27)26(32)28-12-11-18-15-29-23-9-5-3-7-21(18)23/h3-10,13,15-16,29H,2,11-12,17H2,1H3,(H,28,32)/b19-13-. The number of esters is 1. The zero-order valence-electron chi connectivity index (χ0n) is 18.3. The fourth-order valence-corrected chi connectivity index (χ4v) is 3.92. The van der Waals surface area contributed by atoms with Gasteiger partial charge in [0.1, 0.15) is 18.2 Å². The molecule has 0 aliphatic carbocycles. The van der Waals surface area contributed by atoms with E-state index >= 15 is 0 Å². The Morgan fingerprint density at radius 3 is 2.70 bits per heavy atom. The molecule has 0 bridgehead atoms. The second kappa shape index (κ2) is 9.88. The fraction of sp³-hybridized carbons (Fsp3) is 0.192. The molecule has 7 nitrogen and oxygen atoms in total. The summed E-state index contributed by atoms with van der Waals surface area (Å²) in [4.78, 5) is 27.9. The number of nitrogens with zero attached hydrogens (tertiary/aromatic N) is 2. The number of H-pyrrole nitrogens is 1. The minimum atomic E-state index is -0.431. The van der Waals surface area contributed by atoms with E-state index in [-0.39, 0.29) is 18.1 Å². The highest BCUT2D eigenvalue weighted by Gasteiger charge is 2.14. The number of nitriles is 1. The molecule has 2 N–H and O–H groups in total. The third-order valence-corrected chi connectivity index (χ3v) is 5.44. The molecular formula is C26H24N4O3. The molecule has 33 heavy (non-hydrogen) atoms. The van der Waals surface area contributed by atoms with Gasteiger partial charge in [0.2, 0.25) is 0 Å². The maximum atomic E-state index is 12.7. The van der Waals surface area contributed by atoms with Gasteiger partial charge in [0.25, 0.3) is 5.91 Å². The number of fused-ring (bicyclic) bond motifs is 2. The fourth-order valence-electron chi connectivity index (χ4n) is 3.92. The highest BCUT2D eigenvalue weighted by Crippen LogP contribution is 2.24. The molecule has 0 fully saturated rings. The van der Waals surface area contributed by atoms with Crippen molar-refractivity contribution >= 4 is 39.8 Å². The molecule has 2 aromatic carbocycles. The van der Waals surface area contributed by atoms with E-state index in [0.29, 0.717) is 25.1 Å². The van der Waals surface area contributed by atoms with Crippen LogP contribution in [0.2, 0.25) is 0 Å². The average molecular weight is 441 g/mol. The number of hydrogen-bond donors (Lipinski definition) is 2. The van der Waals surface area contributed by atoms with Gasteiger partial charge in [-0.05, 0) is 37.1 Å². The second-order valence-electron chi connectivity index (χ2n) is 7.57. The lowest BCUT2D eigenvalue weighted by molar-refractivity contribution is -0.143. The minimum Gasteiger partial charge on any atom is -0.465 e. The Balaban J connectivity index is 1.50. The van der Waals surface area contributed by atoms with E-state index in [1.54, 1.807) is 23.8 Å². The summed E-state index contributed by atoms with van der Waals surface area (Å²) in [5.41, 5.74) is 3.69. The lowest BCUT2D eigenvalue weighted by Crippen LogP contribution is -2.26. The van der Waals surface area contributed by atoms with Crippen molar-refractivity contribution in [1.29, 1.82) is 5.26 Å². The molecule has 166 valence electrons. The number of nitrogens with one attached hydrogen (secondary N) is 2. The van der Waals surface area contributed by atoms with Crippen molar-refractivity contribution in [2.24, 2.45) is 0 Å². The number of aromatic amines is 1. The van der Waals surface area contributed by atoms with E-state index in [0.717, 1.165) is 27.4 Å². The van der Waals surface area contributed by atoms with Gasteiger partial charge in [-0.3, -0.25) is 9.59 Å². The summed E-state index contributed by atoms with van der Waals surface area (Å²) >= 11 is 0. The molecule has 2 aromatic heterocycles. The molecule has 7 heteroatoms. The summed E-state index contributed by atoms with van der Waals surface area (Å²) in [6, 6.07) is 17.5. The number of aromatic nitrogens is 2. The van der Waals surface area contributed by atoms with Crippen molar-refractivity contribution in [3.05, 3.63) is 77.6 Å². The van der Waals surface area contributed by atoms with Gasteiger partial charge in [0.05, 0.1) is 6.61 Å². The lowest BCUT2D eigenvalue weighted by Gasteiger charge is -2.04. The molecular weight excluding hydrogens is 416 g/mol. The number of rotatable bonds is 8.